The Hall–Kier alpha value is -3.65. The summed E-state index contributed by atoms with van der Waals surface area (Å²) in [6.07, 6.45) is 0.934. The number of methoxy groups -OCH3 is 2. The van der Waals surface area contributed by atoms with Crippen LogP contribution in [-0.4, -0.2) is 73.4 Å². The Morgan fingerprint density at radius 2 is 1.51 bits per heavy atom. The van der Waals surface area contributed by atoms with Gasteiger partial charge in [0.2, 0.25) is 21.6 Å². The van der Waals surface area contributed by atoms with E-state index in [1.807, 2.05) is 0 Å². The van der Waals surface area contributed by atoms with Crippen molar-refractivity contribution in [1.29, 1.82) is 0 Å². The van der Waals surface area contributed by atoms with Crippen molar-refractivity contribution in [2.75, 3.05) is 33.9 Å². The maximum atomic E-state index is 17.1. The molecule has 2 aromatic heterocycles. The predicted octanol–water partition coefficient (Wildman–Crippen LogP) is 8.80. The van der Waals surface area contributed by atoms with Gasteiger partial charge in [0.15, 0.2) is 12.6 Å². The van der Waals surface area contributed by atoms with Crippen molar-refractivity contribution in [2.45, 2.75) is 89.0 Å². The van der Waals surface area contributed by atoms with E-state index in [-0.39, 0.29) is 69.5 Å². The summed E-state index contributed by atoms with van der Waals surface area (Å²) < 4.78 is 81.3. The number of hydrogen-bond donors (Lipinski definition) is 0. The third-order valence-corrected chi connectivity index (χ3v) is 18.1. The summed E-state index contributed by atoms with van der Waals surface area (Å²) in [7, 11) is -5.09. The van der Waals surface area contributed by atoms with Gasteiger partial charge in [-0.1, -0.05) is 73.2 Å². The van der Waals surface area contributed by atoms with E-state index >= 15 is 8.78 Å². The van der Waals surface area contributed by atoms with Crippen LogP contribution in [0.3, 0.4) is 0 Å². The fourth-order valence-electron chi connectivity index (χ4n) is 6.68. The topological polar surface area (TPSA) is 110 Å². The molecule has 0 spiro atoms. The van der Waals surface area contributed by atoms with Gasteiger partial charge in [0.05, 0.1) is 19.3 Å². The minimum Gasteiger partial charge on any atom is -0.480 e. The molecule has 0 N–H and O–H groups in total. The molecule has 0 atom stereocenters. The van der Waals surface area contributed by atoms with Gasteiger partial charge >= 0.3 is 0 Å². The van der Waals surface area contributed by atoms with Crippen LogP contribution < -0.4 is 14.2 Å². The Morgan fingerprint density at radius 3 is 2.06 bits per heavy atom. The summed E-state index contributed by atoms with van der Waals surface area (Å²) >= 11 is 0. The number of fused-ring (bicyclic) bond motifs is 2. The van der Waals surface area contributed by atoms with E-state index in [1.54, 1.807) is 12.1 Å². The average molecular weight is 758 g/mol. The molecule has 0 fully saturated rings. The van der Waals surface area contributed by atoms with Crippen LogP contribution in [0.1, 0.15) is 47.1 Å². The van der Waals surface area contributed by atoms with E-state index < -0.39 is 42.8 Å². The minimum atomic E-state index is -4.01. The monoisotopic (exact) mass is 757 g/mol. The molecule has 51 heavy (non-hydrogen) atoms. The van der Waals surface area contributed by atoms with Crippen molar-refractivity contribution < 1.29 is 36.1 Å². The van der Waals surface area contributed by atoms with Gasteiger partial charge in [0, 0.05) is 32.4 Å². The summed E-state index contributed by atoms with van der Waals surface area (Å²) in [6, 6.07) is 6.87. The molecule has 276 valence electrons. The molecule has 0 saturated heterocycles. The van der Waals surface area contributed by atoms with Gasteiger partial charge in [-0.3, -0.25) is 0 Å². The number of hydrogen-bond acceptors (Lipinski definition) is 9. The third kappa shape index (κ3) is 8.37. The van der Waals surface area contributed by atoms with Crippen LogP contribution in [-0.2, 0) is 14.6 Å². The summed E-state index contributed by atoms with van der Waals surface area (Å²) in [4.78, 5) is 12.9. The van der Waals surface area contributed by atoms with E-state index in [4.69, 9.17) is 18.9 Å². The van der Waals surface area contributed by atoms with Gasteiger partial charge in [-0.25, -0.2) is 27.2 Å². The minimum absolute atomic E-state index is 0.0226. The SMILES string of the molecule is COCOc1cc(-c2nc(OC)c3c(OCC[Si](C)(C)C)nc(S(C)(=O)=O)nc3c2F)c2c(C#C[Si](C(C)C)(C(C)C)C(C)C)c(F)ccc2c1. The molecule has 0 bridgehead atoms. The molecule has 0 unspecified atom stereocenters. The Balaban J connectivity index is 2.16. The first-order chi connectivity index (χ1) is 23.8. The lowest BCUT2D eigenvalue weighted by atomic mass is 9.95. The lowest BCUT2D eigenvalue weighted by Crippen LogP contribution is -2.43. The van der Waals surface area contributed by atoms with E-state index in [0.29, 0.717) is 16.5 Å². The van der Waals surface area contributed by atoms with Gasteiger partial charge < -0.3 is 18.9 Å². The normalized spacial score (nSPS) is 12.6. The average Bonchev–Trinajstić information content (AvgIpc) is 3.03. The molecular weight excluding hydrogens is 709 g/mol. The van der Waals surface area contributed by atoms with Crippen LogP contribution in [0.25, 0.3) is 32.9 Å². The molecule has 14 heteroatoms. The largest absolute Gasteiger partial charge is 0.480 e. The van der Waals surface area contributed by atoms with Crippen molar-refractivity contribution in [3.63, 3.8) is 0 Å². The molecule has 0 aliphatic heterocycles. The molecule has 4 rings (SSSR count). The Morgan fingerprint density at radius 1 is 0.863 bits per heavy atom. The second-order valence-electron chi connectivity index (χ2n) is 14.9. The van der Waals surface area contributed by atoms with E-state index in [2.05, 4.69) is 87.6 Å². The van der Waals surface area contributed by atoms with Gasteiger partial charge in [-0.05, 0) is 46.3 Å². The van der Waals surface area contributed by atoms with Crippen LogP contribution >= 0.6 is 0 Å². The van der Waals surface area contributed by atoms with E-state index in [0.717, 1.165) is 12.3 Å². The number of sulfone groups is 1. The first-order valence-electron chi connectivity index (χ1n) is 17.0. The number of benzene rings is 2. The number of ether oxygens (including phenoxy) is 4. The van der Waals surface area contributed by atoms with E-state index in [1.165, 1.54) is 26.4 Å². The molecule has 4 aromatic rings. The highest BCUT2D eigenvalue weighted by molar-refractivity contribution is 7.90. The smallest absolute Gasteiger partial charge is 0.250 e. The van der Waals surface area contributed by atoms with Crippen molar-refractivity contribution in [3.8, 4) is 40.2 Å². The first kappa shape index (κ1) is 40.1. The van der Waals surface area contributed by atoms with Crippen molar-refractivity contribution in [2.24, 2.45) is 0 Å². The number of rotatable bonds is 13. The maximum Gasteiger partial charge on any atom is 0.250 e. The number of aromatic nitrogens is 3. The van der Waals surface area contributed by atoms with Gasteiger partial charge in [-0.15, -0.1) is 5.54 Å². The molecule has 2 aromatic carbocycles. The zero-order chi connectivity index (χ0) is 38.1. The molecule has 0 radical (unpaired) electrons. The Kier molecular flexibility index (Phi) is 12.2. The second kappa shape index (κ2) is 15.5. The number of nitrogens with zero attached hydrogens (tertiary/aromatic N) is 3. The third-order valence-electron chi connectivity index (χ3n) is 9.22. The fourth-order valence-corrected chi connectivity index (χ4v) is 13.1. The molecular formula is C37H49F2N3O6SSi2. The van der Waals surface area contributed by atoms with Crippen LogP contribution in [0.15, 0.2) is 29.4 Å². The number of halogens is 2. The molecule has 0 aliphatic carbocycles. The predicted molar refractivity (Wildman–Crippen MR) is 204 cm³/mol. The molecule has 0 saturated carbocycles. The van der Waals surface area contributed by atoms with Crippen molar-refractivity contribution >= 4 is 47.7 Å². The fraction of sp³-hybridized carbons (Fsp3) is 0.486. The lowest BCUT2D eigenvalue weighted by Gasteiger charge is -2.38. The highest BCUT2D eigenvalue weighted by Gasteiger charge is 2.42. The van der Waals surface area contributed by atoms with Gasteiger partial charge in [0.25, 0.3) is 5.16 Å². The van der Waals surface area contributed by atoms with Crippen LogP contribution in [0.4, 0.5) is 8.78 Å². The Bertz CT molecular complexity index is 2090. The molecule has 0 amide bonds. The summed E-state index contributed by atoms with van der Waals surface area (Å²) in [5.74, 6) is 1.73. The molecule has 2 heterocycles. The molecule has 9 nitrogen and oxygen atoms in total. The molecule has 0 aliphatic rings. The second-order valence-corrected chi connectivity index (χ2v) is 28.1. The lowest BCUT2D eigenvalue weighted by molar-refractivity contribution is 0.0512. The Labute approximate surface area is 302 Å². The van der Waals surface area contributed by atoms with Crippen molar-refractivity contribution in [3.05, 3.63) is 41.5 Å². The quantitative estimate of drug-likeness (QED) is 0.0572. The maximum absolute atomic E-state index is 17.1. The van der Waals surface area contributed by atoms with Gasteiger partial charge in [0.1, 0.15) is 36.2 Å². The van der Waals surface area contributed by atoms with Crippen LogP contribution in [0, 0.1) is 23.1 Å². The number of pyridine rings is 1. The zero-order valence-corrected chi connectivity index (χ0v) is 34.4. The van der Waals surface area contributed by atoms with Gasteiger partial charge in [-0.2, -0.15) is 4.98 Å². The summed E-state index contributed by atoms with van der Waals surface area (Å²) in [5.41, 5.74) is 4.04. The van der Waals surface area contributed by atoms with Crippen LogP contribution in [0.5, 0.6) is 17.5 Å². The first-order valence-corrected chi connectivity index (χ1v) is 24.8. The highest BCUT2D eigenvalue weighted by atomic mass is 32.2. The summed E-state index contributed by atoms with van der Waals surface area (Å²) in [5, 5.41) is 0.187. The van der Waals surface area contributed by atoms with Crippen molar-refractivity contribution in [1.82, 2.24) is 15.0 Å². The highest BCUT2D eigenvalue weighted by Crippen LogP contribution is 2.43. The zero-order valence-electron chi connectivity index (χ0n) is 31.6. The van der Waals surface area contributed by atoms with Crippen LogP contribution in [0.2, 0.25) is 42.3 Å². The van der Waals surface area contributed by atoms with E-state index in [9.17, 15) is 8.42 Å². The standard InChI is InChI=1S/C37H49F2N3O6SSi2/c1-22(2)51(23(3)4,24(5)6)17-15-27-29(38)14-13-25-19-26(48-21-45-7)20-28(30(25)27)33-32(39)34-31(35(40-33)46-8)36(47-16-18-50(10,11)12)42-37(41-34)49(9,43)44/h13-14,19-20,22-24H,16,18,21H2,1-12H3. The summed E-state index contributed by atoms with van der Waals surface area (Å²) in [6.45, 7) is 19.6.